The fourth-order valence-electron chi connectivity index (χ4n) is 1.03. The Kier molecular flexibility index (Phi) is 5.30. The molecular formula is C12H13NO2S. The Bertz CT molecular complexity index is 381. The first-order chi connectivity index (χ1) is 7.72. The molecule has 0 aliphatic rings. The summed E-state index contributed by atoms with van der Waals surface area (Å²) in [5.74, 6) is 3.03. The van der Waals surface area contributed by atoms with Crippen LogP contribution in [0.5, 0.6) is 0 Å². The zero-order valence-corrected chi connectivity index (χ0v) is 9.63. The van der Waals surface area contributed by atoms with Gasteiger partial charge in [-0.2, -0.15) is 0 Å². The second kappa shape index (κ2) is 6.81. The first-order valence-corrected chi connectivity index (χ1v) is 5.89. The van der Waals surface area contributed by atoms with E-state index in [0.29, 0.717) is 5.75 Å². The number of ether oxygens (including phenoxy) is 1. The molecule has 0 unspecified atom stereocenters. The molecule has 0 radical (unpaired) electrons. The Balaban J connectivity index is 2.23. The molecule has 3 nitrogen and oxygen atoms in total. The van der Waals surface area contributed by atoms with Crippen molar-refractivity contribution in [3.8, 4) is 12.3 Å². The fourth-order valence-corrected chi connectivity index (χ4v) is 1.81. The molecule has 84 valence electrons. The Morgan fingerprint density at radius 3 is 2.75 bits per heavy atom. The second-order valence-corrected chi connectivity index (χ2v) is 4.08. The maximum atomic E-state index is 11.1. The number of carbonyl (C=O) groups excluding carboxylic acids is 1. The van der Waals surface area contributed by atoms with E-state index in [1.165, 1.54) is 11.8 Å². The van der Waals surface area contributed by atoms with Gasteiger partial charge >= 0.3 is 5.97 Å². The number of esters is 1. The lowest BCUT2D eigenvalue weighted by Gasteiger charge is -2.02. The third-order valence-electron chi connectivity index (χ3n) is 1.78. The molecule has 0 aliphatic carbocycles. The minimum absolute atomic E-state index is 0.0429. The van der Waals surface area contributed by atoms with Crippen LogP contribution in [0.25, 0.3) is 0 Å². The molecule has 0 aliphatic heterocycles. The van der Waals surface area contributed by atoms with Crippen molar-refractivity contribution in [2.24, 2.45) is 0 Å². The lowest BCUT2D eigenvalue weighted by atomic mass is 10.2. The summed E-state index contributed by atoms with van der Waals surface area (Å²) in [6.07, 6.45) is 4.96. The minimum Gasteiger partial charge on any atom is -0.452 e. The zero-order chi connectivity index (χ0) is 11.8. The van der Waals surface area contributed by atoms with Gasteiger partial charge < -0.3 is 10.5 Å². The molecule has 2 N–H and O–H groups in total. The highest BCUT2D eigenvalue weighted by molar-refractivity contribution is 7.99. The molecule has 0 saturated heterocycles. The van der Waals surface area contributed by atoms with Crippen molar-refractivity contribution < 1.29 is 9.53 Å². The summed E-state index contributed by atoms with van der Waals surface area (Å²) in [7, 11) is 0. The first-order valence-electron chi connectivity index (χ1n) is 4.73. The molecule has 0 fully saturated rings. The predicted octanol–water partition coefficient (Wildman–Crippen LogP) is 1.68. The van der Waals surface area contributed by atoms with Gasteiger partial charge in [0.15, 0.2) is 6.61 Å². The number of terminal acetylenes is 1. The van der Waals surface area contributed by atoms with Gasteiger partial charge in [-0.15, -0.1) is 18.2 Å². The van der Waals surface area contributed by atoms with E-state index in [1.54, 1.807) is 0 Å². The number of benzene rings is 1. The van der Waals surface area contributed by atoms with Crippen LogP contribution < -0.4 is 5.73 Å². The number of hydrogen-bond donors (Lipinski definition) is 1. The van der Waals surface area contributed by atoms with Gasteiger partial charge in [0.25, 0.3) is 0 Å². The molecule has 4 heteroatoms. The molecule has 16 heavy (non-hydrogen) atoms. The predicted molar refractivity (Wildman–Crippen MR) is 66.8 cm³/mol. The molecule has 1 aromatic rings. The third-order valence-corrected chi connectivity index (χ3v) is 2.76. The van der Waals surface area contributed by atoms with Crippen LogP contribution in [0, 0.1) is 12.3 Å². The smallest absolute Gasteiger partial charge is 0.316 e. The SMILES string of the molecule is C#CCOC(=O)CSCc1ccc(N)cc1. The minimum atomic E-state index is -0.279. The Morgan fingerprint density at radius 2 is 2.12 bits per heavy atom. The molecule has 1 aromatic carbocycles. The van der Waals surface area contributed by atoms with Gasteiger partial charge in [0, 0.05) is 11.4 Å². The Morgan fingerprint density at radius 1 is 1.44 bits per heavy atom. The molecule has 0 aromatic heterocycles. The molecule has 0 amide bonds. The van der Waals surface area contributed by atoms with Gasteiger partial charge in [0.1, 0.15) is 0 Å². The van der Waals surface area contributed by atoms with Crippen LogP contribution in [0.1, 0.15) is 5.56 Å². The molecule has 0 atom stereocenters. The summed E-state index contributed by atoms with van der Waals surface area (Å²) >= 11 is 1.49. The summed E-state index contributed by atoms with van der Waals surface area (Å²) in [6, 6.07) is 7.56. The average Bonchev–Trinajstić information content (AvgIpc) is 2.29. The lowest BCUT2D eigenvalue weighted by molar-refractivity contribution is -0.138. The number of thioether (sulfide) groups is 1. The average molecular weight is 235 g/mol. The van der Waals surface area contributed by atoms with Gasteiger partial charge in [0.05, 0.1) is 5.75 Å². The van der Waals surface area contributed by atoms with Crippen LogP contribution in [-0.4, -0.2) is 18.3 Å². The van der Waals surface area contributed by atoms with Crippen LogP contribution in [0.4, 0.5) is 5.69 Å². The maximum absolute atomic E-state index is 11.1. The highest BCUT2D eigenvalue weighted by Crippen LogP contribution is 2.13. The van der Waals surface area contributed by atoms with Gasteiger partial charge in [-0.3, -0.25) is 4.79 Å². The molecule has 0 saturated carbocycles. The monoisotopic (exact) mass is 235 g/mol. The van der Waals surface area contributed by atoms with Crippen LogP contribution in [0.15, 0.2) is 24.3 Å². The van der Waals surface area contributed by atoms with E-state index in [-0.39, 0.29) is 12.6 Å². The van der Waals surface area contributed by atoms with E-state index in [4.69, 9.17) is 16.9 Å². The van der Waals surface area contributed by atoms with Gasteiger partial charge in [0.2, 0.25) is 0 Å². The van der Waals surface area contributed by atoms with Crippen molar-refractivity contribution in [2.45, 2.75) is 5.75 Å². The number of hydrogen-bond acceptors (Lipinski definition) is 4. The van der Waals surface area contributed by atoms with E-state index in [0.717, 1.165) is 17.0 Å². The highest BCUT2D eigenvalue weighted by Gasteiger charge is 2.02. The first kappa shape index (κ1) is 12.5. The van der Waals surface area contributed by atoms with E-state index in [9.17, 15) is 4.79 Å². The Labute approximate surface area is 99.4 Å². The summed E-state index contributed by atoms with van der Waals surface area (Å²) in [6.45, 7) is 0.0429. The molecule has 0 spiro atoms. The van der Waals surface area contributed by atoms with E-state index < -0.39 is 0 Å². The van der Waals surface area contributed by atoms with Crippen molar-refractivity contribution in [2.75, 3.05) is 18.1 Å². The van der Waals surface area contributed by atoms with Crippen molar-refractivity contribution in [1.29, 1.82) is 0 Å². The summed E-state index contributed by atoms with van der Waals surface area (Å²) in [5, 5.41) is 0. The largest absolute Gasteiger partial charge is 0.452 e. The van der Waals surface area contributed by atoms with Crippen LogP contribution in [-0.2, 0) is 15.3 Å². The van der Waals surface area contributed by atoms with Gasteiger partial charge in [-0.25, -0.2) is 0 Å². The van der Waals surface area contributed by atoms with Crippen molar-refractivity contribution in [3.05, 3.63) is 29.8 Å². The Hall–Kier alpha value is -1.60. The maximum Gasteiger partial charge on any atom is 0.316 e. The van der Waals surface area contributed by atoms with E-state index in [1.807, 2.05) is 24.3 Å². The van der Waals surface area contributed by atoms with Crippen LogP contribution in [0.3, 0.4) is 0 Å². The van der Waals surface area contributed by atoms with E-state index in [2.05, 4.69) is 5.92 Å². The van der Waals surface area contributed by atoms with E-state index >= 15 is 0 Å². The summed E-state index contributed by atoms with van der Waals surface area (Å²) in [4.78, 5) is 11.1. The van der Waals surface area contributed by atoms with Crippen LogP contribution >= 0.6 is 11.8 Å². The number of nitrogens with two attached hydrogens (primary N) is 1. The van der Waals surface area contributed by atoms with Gasteiger partial charge in [-0.05, 0) is 17.7 Å². The molecule has 1 rings (SSSR count). The number of anilines is 1. The number of nitrogen functional groups attached to an aromatic ring is 1. The zero-order valence-electron chi connectivity index (χ0n) is 8.81. The normalized spacial score (nSPS) is 9.44. The quantitative estimate of drug-likeness (QED) is 0.479. The standard InChI is InChI=1S/C12H13NO2S/c1-2-7-15-12(14)9-16-8-10-3-5-11(13)6-4-10/h1,3-6H,7-9,13H2. The molecule has 0 bridgehead atoms. The molecular weight excluding hydrogens is 222 g/mol. The second-order valence-electron chi connectivity index (χ2n) is 3.10. The highest BCUT2D eigenvalue weighted by atomic mass is 32.2. The molecule has 0 heterocycles. The topological polar surface area (TPSA) is 52.3 Å². The number of rotatable bonds is 5. The third kappa shape index (κ3) is 4.76. The van der Waals surface area contributed by atoms with Crippen molar-refractivity contribution in [1.82, 2.24) is 0 Å². The number of carbonyl (C=O) groups is 1. The van der Waals surface area contributed by atoms with Crippen LogP contribution in [0.2, 0.25) is 0 Å². The van der Waals surface area contributed by atoms with Crippen molar-refractivity contribution in [3.63, 3.8) is 0 Å². The van der Waals surface area contributed by atoms with Crippen molar-refractivity contribution >= 4 is 23.4 Å². The summed E-state index contributed by atoms with van der Waals surface area (Å²) < 4.78 is 4.73. The fraction of sp³-hybridized carbons (Fsp3) is 0.250. The lowest BCUT2D eigenvalue weighted by Crippen LogP contribution is -2.07. The summed E-state index contributed by atoms with van der Waals surface area (Å²) in [5.41, 5.74) is 7.43. The van der Waals surface area contributed by atoms with Gasteiger partial charge in [-0.1, -0.05) is 18.1 Å².